The van der Waals surface area contributed by atoms with Crippen LogP contribution in [-0.4, -0.2) is 48.7 Å². The van der Waals surface area contributed by atoms with Crippen molar-refractivity contribution in [3.8, 4) is 0 Å². The summed E-state index contributed by atoms with van der Waals surface area (Å²) in [5.74, 6) is -0.305. The van der Waals surface area contributed by atoms with Gasteiger partial charge in [-0.05, 0) is 25.5 Å². The Morgan fingerprint density at radius 1 is 1.15 bits per heavy atom. The zero-order chi connectivity index (χ0) is 18.8. The fourth-order valence-corrected chi connectivity index (χ4v) is 2.14. The number of carbonyl (C=O) groups excluding carboxylic acids is 2. The fourth-order valence-electron chi connectivity index (χ4n) is 2.14. The minimum absolute atomic E-state index is 0.214. The molecule has 26 heavy (non-hydrogen) atoms. The molecule has 8 nitrogen and oxygen atoms in total. The van der Waals surface area contributed by atoms with Crippen molar-refractivity contribution < 1.29 is 19.1 Å². The minimum Gasteiger partial charge on any atom is -0.462 e. The SMILES string of the molecule is CCOC(=O)c1ccccc1Nc1cnc(C(=O)NCCCOC)cn1. The summed E-state index contributed by atoms with van der Waals surface area (Å²) in [6.07, 6.45) is 3.53. The second-order valence-corrected chi connectivity index (χ2v) is 5.28. The van der Waals surface area contributed by atoms with E-state index in [1.807, 2.05) is 0 Å². The minimum atomic E-state index is -0.421. The number of benzene rings is 1. The molecule has 8 heteroatoms. The molecule has 138 valence electrons. The Labute approximate surface area is 151 Å². The molecule has 0 radical (unpaired) electrons. The van der Waals surface area contributed by atoms with Gasteiger partial charge in [-0.2, -0.15) is 0 Å². The van der Waals surface area contributed by atoms with Crippen molar-refractivity contribution in [2.75, 3.05) is 32.2 Å². The van der Waals surface area contributed by atoms with E-state index in [1.54, 1.807) is 38.3 Å². The van der Waals surface area contributed by atoms with Crippen LogP contribution in [0.3, 0.4) is 0 Å². The van der Waals surface area contributed by atoms with E-state index in [4.69, 9.17) is 9.47 Å². The number of rotatable bonds is 9. The number of hydrogen-bond acceptors (Lipinski definition) is 7. The number of methoxy groups -OCH3 is 1. The van der Waals surface area contributed by atoms with Crippen LogP contribution in [0.25, 0.3) is 0 Å². The topological polar surface area (TPSA) is 102 Å². The maximum absolute atomic E-state index is 12.0. The molecule has 1 amide bonds. The zero-order valence-corrected chi connectivity index (χ0v) is 14.8. The first kappa shape index (κ1) is 19.3. The third-order valence-electron chi connectivity index (χ3n) is 3.38. The molecule has 1 aromatic heterocycles. The van der Waals surface area contributed by atoms with E-state index in [-0.39, 0.29) is 11.6 Å². The Balaban J connectivity index is 2.01. The largest absolute Gasteiger partial charge is 0.462 e. The molecule has 2 aromatic rings. The lowest BCUT2D eigenvalue weighted by Gasteiger charge is -2.10. The van der Waals surface area contributed by atoms with Crippen LogP contribution in [0.15, 0.2) is 36.7 Å². The van der Waals surface area contributed by atoms with Gasteiger partial charge in [0.05, 0.1) is 30.3 Å². The number of nitrogens with one attached hydrogen (secondary N) is 2. The summed E-state index contributed by atoms with van der Waals surface area (Å²) in [4.78, 5) is 32.2. The molecule has 0 aliphatic rings. The lowest BCUT2D eigenvalue weighted by atomic mass is 10.2. The van der Waals surface area contributed by atoms with Crippen molar-refractivity contribution in [2.45, 2.75) is 13.3 Å². The second-order valence-electron chi connectivity index (χ2n) is 5.28. The maximum Gasteiger partial charge on any atom is 0.340 e. The van der Waals surface area contributed by atoms with Gasteiger partial charge in [0.25, 0.3) is 5.91 Å². The van der Waals surface area contributed by atoms with Gasteiger partial charge in [-0.1, -0.05) is 12.1 Å². The van der Waals surface area contributed by atoms with Gasteiger partial charge in [-0.3, -0.25) is 4.79 Å². The van der Waals surface area contributed by atoms with Crippen LogP contribution < -0.4 is 10.6 Å². The first-order chi connectivity index (χ1) is 12.7. The first-order valence-electron chi connectivity index (χ1n) is 8.28. The van der Waals surface area contributed by atoms with Crippen LogP contribution in [0.1, 0.15) is 34.2 Å². The average Bonchev–Trinajstić information content (AvgIpc) is 2.66. The predicted octanol–water partition coefficient (Wildman–Crippen LogP) is 2.16. The molecule has 1 heterocycles. The summed E-state index contributed by atoms with van der Waals surface area (Å²) in [5, 5.41) is 5.75. The van der Waals surface area contributed by atoms with Gasteiger partial charge in [0.2, 0.25) is 0 Å². The molecular formula is C18H22N4O4. The number of aromatic nitrogens is 2. The summed E-state index contributed by atoms with van der Waals surface area (Å²) >= 11 is 0. The smallest absolute Gasteiger partial charge is 0.340 e. The van der Waals surface area contributed by atoms with Gasteiger partial charge >= 0.3 is 5.97 Å². The highest BCUT2D eigenvalue weighted by Gasteiger charge is 2.13. The van der Waals surface area contributed by atoms with Crippen LogP contribution >= 0.6 is 0 Å². The molecule has 0 spiro atoms. The second kappa shape index (κ2) is 10.1. The van der Waals surface area contributed by atoms with E-state index in [0.29, 0.717) is 36.8 Å². The number of ether oxygens (including phenoxy) is 2. The van der Waals surface area contributed by atoms with Crippen molar-refractivity contribution >= 4 is 23.4 Å². The van der Waals surface area contributed by atoms with Gasteiger partial charge in [0, 0.05) is 20.3 Å². The standard InChI is InChI=1S/C18H22N4O4/c1-3-26-18(24)13-7-4-5-8-14(13)22-16-12-20-15(11-21-16)17(23)19-9-6-10-25-2/h4-5,7-8,11-12H,3,6,9-10H2,1-2H3,(H,19,23)(H,21,22). The van der Waals surface area contributed by atoms with Crippen LogP contribution in [-0.2, 0) is 9.47 Å². The number of nitrogens with zero attached hydrogens (tertiary/aromatic N) is 2. The highest BCUT2D eigenvalue weighted by molar-refractivity contribution is 5.96. The van der Waals surface area contributed by atoms with Crippen LogP contribution in [0.2, 0.25) is 0 Å². The zero-order valence-electron chi connectivity index (χ0n) is 14.8. The van der Waals surface area contributed by atoms with E-state index >= 15 is 0 Å². The lowest BCUT2D eigenvalue weighted by molar-refractivity contribution is 0.0527. The molecule has 0 aliphatic heterocycles. The van der Waals surface area contributed by atoms with Crippen LogP contribution in [0, 0.1) is 0 Å². The highest BCUT2D eigenvalue weighted by Crippen LogP contribution is 2.20. The maximum atomic E-state index is 12.0. The first-order valence-corrected chi connectivity index (χ1v) is 8.28. The summed E-state index contributed by atoms with van der Waals surface area (Å²) < 4.78 is 9.96. The van der Waals surface area contributed by atoms with E-state index in [1.165, 1.54) is 12.4 Å². The van der Waals surface area contributed by atoms with Crippen LogP contribution in [0.4, 0.5) is 11.5 Å². The summed E-state index contributed by atoms with van der Waals surface area (Å²) in [7, 11) is 1.61. The monoisotopic (exact) mass is 358 g/mol. The summed E-state index contributed by atoms with van der Waals surface area (Å²) in [5.41, 5.74) is 1.17. The number of esters is 1. The number of anilines is 2. The summed E-state index contributed by atoms with van der Waals surface area (Å²) in [6.45, 7) is 3.12. The molecule has 1 aromatic carbocycles. The lowest BCUT2D eigenvalue weighted by Crippen LogP contribution is -2.26. The Morgan fingerprint density at radius 2 is 1.96 bits per heavy atom. The molecule has 2 N–H and O–H groups in total. The van der Waals surface area contributed by atoms with E-state index in [0.717, 1.165) is 6.42 Å². The van der Waals surface area contributed by atoms with E-state index in [2.05, 4.69) is 20.6 Å². The van der Waals surface area contributed by atoms with E-state index in [9.17, 15) is 9.59 Å². The molecule has 0 unspecified atom stereocenters. The molecule has 0 fully saturated rings. The van der Waals surface area contributed by atoms with E-state index < -0.39 is 5.97 Å². The third kappa shape index (κ3) is 5.52. The Morgan fingerprint density at radius 3 is 2.65 bits per heavy atom. The average molecular weight is 358 g/mol. The summed E-state index contributed by atoms with van der Waals surface area (Å²) in [6, 6.07) is 6.94. The molecule has 0 saturated heterocycles. The molecule has 0 atom stereocenters. The Bertz CT molecular complexity index is 734. The molecule has 0 aliphatic carbocycles. The highest BCUT2D eigenvalue weighted by atomic mass is 16.5. The van der Waals surface area contributed by atoms with Crippen molar-refractivity contribution in [1.82, 2.24) is 15.3 Å². The Hall–Kier alpha value is -3.00. The Kier molecular flexibility index (Phi) is 7.50. The number of hydrogen-bond donors (Lipinski definition) is 2. The van der Waals surface area contributed by atoms with Gasteiger partial charge in [0.15, 0.2) is 0 Å². The number of amides is 1. The van der Waals surface area contributed by atoms with Gasteiger partial charge in [-0.25, -0.2) is 14.8 Å². The third-order valence-corrected chi connectivity index (χ3v) is 3.38. The van der Waals surface area contributed by atoms with Crippen molar-refractivity contribution in [2.24, 2.45) is 0 Å². The van der Waals surface area contributed by atoms with Gasteiger partial charge in [-0.15, -0.1) is 0 Å². The molecule has 0 saturated carbocycles. The van der Waals surface area contributed by atoms with Gasteiger partial charge in [0.1, 0.15) is 11.5 Å². The van der Waals surface area contributed by atoms with Crippen molar-refractivity contribution in [3.05, 3.63) is 47.9 Å². The molecule has 0 bridgehead atoms. The quantitative estimate of drug-likeness (QED) is 0.523. The van der Waals surface area contributed by atoms with Crippen molar-refractivity contribution in [3.63, 3.8) is 0 Å². The predicted molar refractivity (Wildman–Crippen MR) is 96.5 cm³/mol. The van der Waals surface area contributed by atoms with Crippen LogP contribution in [0.5, 0.6) is 0 Å². The van der Waals surface area contributed by atoms with Crippen molar-refractivity contribution in [1.29, 1.82) is 0 Å². The molecular weight excluding hydrogens is 336 g/mol. The normalized spacial score (nSPS) is 10.2. The number of para-hydroxylation sites is 1. The molecule has 2 rings (SSSR count). The number of carbonyl (C=O) groups is 2. The fraction of sp³-hybridized carbons (Fsp3) is 0.333. The van der Waals surface area contributed by atoms with Gasteiger partial charge < -0.3 is 20.1 Å².